The Morgan fingerprint density at radius 2 is 2.04 bits per heavy atom. The van der Waals surface area contributed by atoms with Crippen molar-refractivity contribution in [2.24, 2.45) is 5.92 Å². The zero-order chi connectivity index (χ0) is 16.7. The van der Waals surface area contributed by atoms with Gasteiger partial charge in [-0.1, -0.05) is 13.0 Å². The molecule has 0 radical (unpaired) electrons. The Morgan fingerprint density at radius 1 is 1.28 bits per heavy atom. The number of nitrogens with one attached hydrogen (secondary N) is 2. The lowest BCUT2D eigenvalue weighted by Gasteiger charge is -2.13. The summed E-state index contributed by atoms with van der Waals surface area (Å²) in [4.78, 5) is 16.0. The van der Waals surface area contributed by atoms with Gasteiger partial charge in [0.25, 0.3) is 0 Å². The summed E-state index contributed by atoms with van der Waals surface area (Å²) in [6.07, 6.45) is 1.65. The van der Waals surface area contributed by atoms with Crippen LogP contribution in [-0.2, 0) is 11.4 Å². The lowest BCUT2D eigenvalue weighted by molar-refractivity contribution is -0.119. The van der Waals surface area contributed by atoms with Gasteiger partial charge in [-0.2, -0.15) is 0 Å². The molecule has 1 aromatic carbocycles. The van der Waals surface area contributed by atoms with Gasteiger partial charge in [0.2, 0.25) is 5.91 Å². The number of ether oxygens (including phenoxy) is 1. The third kappa shape index (κ3) is 7.25. The molecule has 2 N–H and O–H groups in total. The molecule has 0 saturated heterocycles. The first kappa shape index (κ1) is 23.1. The van der Waals surface area contributed by atoms with E-state index in [1.807, 2.05) is 6.07 Å². The quantitative estimate of drug-likeness (QED) is 0.761. The van der Waals surface area contributed by atoms with Crippen LogP contribution in [-0.4, -0.2) is 24.5 Å². The second-order valence-corrected chi connectivity index (χ2v) is 5.20. The highest BCUT2D eigenvalue weighted by molar-refractivity contribution is 5.92. The Kier molecular flexibility index (Phi) is 10.7. The molecular formula is C17H22Cl2FN3O2. The average molecular weight is 390 g/mol. The van der Waals surface area contributed by atoms with Crippen LogP contribution in [0.2, 0.25) is 0 Å². The van der Waals surface area contributed by atoms with Crippen LogP contribution in [0.25, 0.3) is 0 Å². The molecule has 8 heteroatoms. The van der Waals surface area contributed by atoms with Gasteiger partial charge >= 0.3 is 0 Å². The van der Waals surface area contributed by atoms with Gasteiger partial charge in [0.1, 0.15) is 6.61 Å². The van der Waals surface area contributed by atoms with Gasteiger partial charge in [0, 0.05) is 30.4 Å². The molecule has 5 nitrogen and oxygen atoms in total. The molecule has 2 rings (SSSR count). The number of benzene rings is 1. The van der Waals surface area contributed by atoms with Crippen molar-refractivity contribution < 1.29 is 13.9 Å². The van der Waals surface area contributed by atoms with Crippen LogP contribution in [0.5, 0.6) is 5.75 Å². The summed E-state index contributed by atoms with van der Waals surface area (Å²) >= 11 is 0. The third-order valence-corrected chi connectivity index (χ3v) is 3.26. The highest BCUT2D eigenvalue weighted by Crippen LogP contribution is 2.22. The molecule has 0 fully saturated rings. The summed E-state index contributed by atoms with van der Waals surface area (Å²) in [6.45, 7) is 2.54. The molecule has 1 aromatic heterocycles. The van der Waals surface area contributed by atoms with Crippen molar-refractivity contribution in [3.8, 4) is 5.75 Å². The van der Waals surface area contributed by atoms with Gasteiger partial charge in [0.05, 0.1) is 5.69 Å². The lowest BCUT2D eigenvalue weighted by atomic mass is 10.1. The third-order valence-electron chi connectivity index (χ3n) is 3.26. The summed E-state index contributed by atoms with van der Waals surface area (Å²) < 4.78 is 19.5. The number of pyridine rings is 1. The molecule has 1 amide bonds. The van der Waals surface area contributed by atoms with Crippen molar-refractivity contribution >= 4 is 36.4 Å². The number of hydrogen-bond acceptors (Lipinski definition) is 4. The van der Waals surface area contributed by atoms with E-state index in [1.54, 1.807) is 38.4 Å². The molecule has 0 spiro atoms. The van der Waals surface area contributed by atoms with Gasteiger partial charge in [-0.15, -0.1) is 24.8 Å². The Balaban J connectivity index is 0.00000288. The molecule has 2 aromatic rings. The van der Waals surface area contributed by atoms with E-state index in [0.717, 1.165) is 0 Å². The van der Waals surface area contributed by atoms with E-state index in [-0.39, 0.29) is 49.0 Å². The first-order valence-electron chi connectivity index (χ1n) is 7.38. The molecule has 25 heavy (non-hydrogen) atoms. The summed E-state index contributed by atoms with van der Waals surface area (Å²) in [6, 6.07) is 9.80. The topological polar surface area (TPSA) is 63.2 Å². The fraction of sp³-hybridized carbons (Fsp3) is 0.294. The van der Waals surface area contributed by atoms with E-state index in [0.29, 0.717) is 17.9 Å². The number of hydrogen-bond donors (Lipinski definition) is 2. The van der Waals surface area contributed by atoms with Crippen LogP contribution in [0, 0.1) is 11.7 Å². The van der Waals surface area contributed by atoms with Gasteiger partial charge < -0.3 is 15.4 Å². The fourth-order valence-electron chi connectivity index (χ4n) is 2.00. The standard InChI is InChI=1S/C17H20FN3O2.2ClH/c1-12(10-19-2)17(22)21-13-6-7-16(15(18)9-13)23-11-14-5-3-4-8-20-14;;/h3-9,12,19H,10-11H2,1-2H3,(H,21,22);2*1H. The SMILES string of the molecule is CNCC(C)C(=O)Nc1ccc(OCc2ccccn2)c(F)c1.Cl.Cl. The highest BCUT2D eigenvalue weighted by atomic mass is 35.5. The van der Waals surface area contributed by atoms with Crippen LogP contribution < -0.4 is 15.4 Å². The number of anilines is 1. The zero-order valence-corrected chi connectivity index (χ0v) is 15.6. The van der Waals surface area contributed by atoms with Crippen molar-refractivity contribution in [3.63, 3.8) is 0 Å². The van der Waals surface area contributed by atoms with Crippen molar-refractivity contribution in [3.05, 3.63) is 54.1 Å². The van der Waals surface area contributed by atoms with E-state index >= 15 is 0 Å². The molecule has 1 atom stereocenters. The number of carbonyl (C=O) groups is 1. The molecule has 0 saturated carbocycles. The number of rotatable bonds is 7. The zero-order valence-electron chi connectivity index (χ0n) is 14.0. The molecule has 0 aliphatic rings. The molecule has 138 valence electrons. The number of halogens is 3. The molecule has 0 aliphatic heterocycles. The highest BCUT2D eigenvalue weighted by Gasteiger charge is 2.13. The van der Waals surface area contributed by atoms with Crippen LogP contribution in [0.1, 0.15) is 12.6 Å². The monoisotopic (exact) mass is 389 g/mol. The molecule has 1 heterocycles. The van der Waals surface area contributed by atoms with Crippen LogP contribution in [0.15, 0.2) is 42.6 Å². The number of carbonyl (C=O) groups excluding carboxylic acids is 1. The predicted octanol–water partition coefficient (Wildman–Crippen LogP) is 3.44. The van der Waals surface area contributed by atoms with Crippen LogP contribution in [0.3, 0.4) is 0 Å². The maximum atomic E-state index is 14.0. The lowest BCUT2D eigenvalue weighted by Crippen LogP contribution is -2.28. The molecular weight excluding hydrogens is 368 g/mol. The van der Waals surface area contributed by atoms with Crippen molar-refractivity contribution in [2.75, 3.05) is 18.9 Å². The van der Waals surface area contributed by atoms with Gasteiger partial charge in [-0.25, -0.2) is 4.39 Å². The second-order valence-electron chi connectivity index (χ2n) is 5.20. The molecule has 0 bridgehead atoms. The maximum Gasteiger partial charge on any atom is 0.228 e. The summed E-state index contributed by atoms with van der Waals surface area (Å²) in [5, 5.41) is 5.61. The maximum absolute atomic E-state index is 14.0. The number of nitrogens with zero attached hydrogens (tertiary/aromatic N) is 1. The van der Waals surface area contributed by atoms with E-state index in [4.69, 9.17) is 4.74 Å². The summed E-state index contributed by atoms with van der Waals surface area (Å²) in [5.41, 5.74) is 1.12. The first-order chi connectivity index (χ1) is 11.1. The summed E-state index contributed by atoms with van der Waals surface area (Å²) in [7, 11) is 1.77. The van der Waals surface area contributed by atoms with Gasteiger partial charge in [-0.05, 0) is 31.3 Å². The first-order valence-corrected chi connectivity index (χ1v) is 7.38. The normalized spacial score (nSPS) is 10.8. The summed E-state index contributed by atoms with van der Waals surface area (Å²) in [5.74, 6) is -0.777. The Hall–Kier alpha value is -1.89. The Labute approximate surface area is 159 Å². The number of amides is 1. The smallest absolute Gasteiger partial charge is 0.228 e. The predicted molar refractivity (Wildman–Crippen MR) is 101 cm³/mol. The van der Waals surface area contributed by atoms with E-state index < -0.39 is 5.82 Å². The minimum atomic E-state index is -0.528. The average Bonchev–Trinajstić information content (AvgIpc) is 2.55. The van der Waals surface area contributed by atoms with Crippen molar-refractivity contribution in [2.45, 2.75) is 13.5 Å². The van der Waals surface area contributed by atoms with Gasteiger partial charge in [-0.3, -0.25) is 9.78 Å². The largest absolute Gasteiger partial charge is 0.484 e. The second kappa shape index (κ2) is 11.6. The fourth-order valence-corrected chi connectivity index (χ4v) is 2.00. The van der Waals surface area contributed by atoms with Crippen molar-refractivity contribution in [1.29, 1.82) is 0 Å². The minimum Gasteiger partial charge on any atom is -0.484 e. The molecule has 1 unspecified atom stereocenters. The van der Waals surface area contributed by atoms with E-state index in [2.05, 4.69) is 15.6 Å². The van der Waals surface area contributed by atoms with Crippen LogP contribution in [0.4, 0.5) is 10.1 Å². The number of aromatic nitrogens is 1. The Morgan fingerprint density at radius 3 is 2.64 bits per heavy atom. The van der Waals surface area contributed by atoms with E-state index in [1.165, 1.54) is 12.1 Å². The van der Waals surface area contributed by atoms with Crippen molar-refractivity contribution in [1.82, 2.24) is 10.3 Å². The van der Waals surface area contributed by atoms with Crippen LogP contribution >= 0.6 is 24.8 Å². The minimum absolute atomic E-state index is 0. The molecule has 0 aliphatic carbocycles. The Bertz CT molecular complexity index is 660. The van der Waals surface area contributed by atoms with E-state index in [9.17, 15) is 9.18 Å². The van der Waals surface area contributed by atoms with Gasteiger partial charge in [0.15, 0.2) is 11.6 Å².